The Labute approximate surface area is 168 Å². The van der Waals surface area contributed by atoms with Crippen LogP contribution in [0.2, 0.25) is 0 Å². The maximum Gasteiger partial charge on any atom is 0.274 e. The van der Waals surface area contributed by atoms with E-state index in [0.29, 0.717) is 11.6 Å². The number of hydrogen-bond donors (Lipinski definition) is 3. The van der Waals surface area contributed by atoms with E-state index in [1.54, 1.807) is 6.20 Å². The van der Waals surface area contributed by atoms with Gasteiger partial charge >= 0.3 is 0 Å². The predicted molar refractivity (Wildman–Crippen MR) is 110 cm³/mol. The number of amides is 1. The molecule has 0 radical (unpaired) electrons. The Morgan fingerprint density at radius 2 is 1.86 bits per heavy atom. The first-order valence-corrected chi connectivity index (χ1v) is 9.99. The van der Waals surface area contributed by atoms with Gasteiger partial charge in [-0.2, -0.15) is 4.98 Å². The molecular formula is C22H24N4O3. The third-order valence-corrected chi connectivity index (χ3v) is 5.68. The molecule has 29 heavy (non-hydrogen) atoms. The number of pyridine rings is 1. The second-order valence-electron chi connectivity index (χ2n) is 7.61. The van der Waals surface area contributed by atoms with Gasteiger partial charge in [0.15, 0.2) is 11.5 Å². The fourth-order valence-corrected chi connectivity index (χ4v) is 4.03. The van der Waals surface area contributed by atoms with E-state index in [0.717, 1.165) is 23.6 Å². The van der Waals surface area contributed by atoms with Crippen molar-refractivity contribution >= 4 is 16.7 Å². The minimum absolute atomic E-state index is 0.0431. The van der Waals surface area contributed by atoms with Crippen LogP contribution in [0.5, 0.6) is 11.6 Å². The van der Waals surface area contributed by atoms with Crippen LogP contribution in [-0.2, 0) is 0 Å². The van der Waals surface area contributed by atoms with Gasteiger partial charge in [0, 0.05) is 17.6 Å². The smallest absolute Gasteiger partial charge is 0.274 e. The molecule has 1 aliphatic rings. The molecule has 7 heteroatoms. The Balaban J connectivity index is 1.67. The van der Waals surface area contributed by atoms with Crippen LogP contribution in [0.3, 0.4) is 0 Å². The van der Waals surface area contributed by atoms with E-state index in [4.69, 9.17) is 0 Å². The summed E-state index contributed by atoms with van der Waals surface area (Å²) in [5, 5.41) is 25.0. The summed E-state index contributed by atoms with van der Waals surface area (Å²) in [5.41, 5.74) is 0.192. The fraction of sp³-hybridized carbons (Fsp3) is 0.364. The molecule has 3 N–H and O–H groups in total. The highest BCUT2D eigenvalue weighted by Gasteiger charge is 2.26. The van der Waals surface area contributed by atoms with Crippen LogP contribution in [0.25, 0.3) is 22.3 Å². The van der Waals surface area contributed by atoms with Crippen LogP contribution in [-0.4, -0.2) is 37.1 Å². The number of rotatable bonds is 4. The molecule has 150 valence electrons. The molecule has 0 spiro atoms. The normalized spacial score (nSPS) is 15.9. The van der Waals surface area contributed by atoms with Crippen molar-refractivity contribution in [2.45, 2.75) is 45.1 Å². The van der Waals surface area contributed by atoms with Gasteiger partial charge in [-0.3, -0.25) is 9.78 Å². The lowest BCUT2D eigenvalue weighted by molar-refractivity contribution is 0.0910. The zero-order valence-corrected chi connectivity index (χ0v) is 16.3. The quantitative estimate of drug-likeness (QED) is 0.623. The zero-order valence-electron chi connectivity index (χ0n) is 16.3. The monoisotopic (exact) mass is 392 g/mol. The van der Waals surface area contributed by atoms with Crippen LogP contribution >= 0.6 is 0 Å². The minimum Gasteiger partial charge on any atom is -0.501 e. The molecule has 3 aromatic rings. The Kier molecular flexibility index (Phi) is 5.29. The first kappa shape index (κ1) is 19.1. The molecule has 1 aliphatic carbocycles. The lowest BCUT2D eigenvalue weighted by Crippen LogP contribution is -2.39. The summed E-state index contributed by atoms with van der Waals surface area (Å²) < 4.78 is 0. The van der Waals surface area contributed by atoms with Gasteiger partial charge in [0.2, 0.25) is 5.75 Å². The molecule has 7 nitrogen and oxygen atoms in total. The van der Waals surface area contributed by atoms with Crippen molar-refractivity contribution in [3.05, 3.63) is 42.2 Å². The summed E-state index contributed by atoms with van der Waals surface area (Å²) >= 11 is 0. The second kappa shape index (κ2) is 8.03. The first-order chi connectivity index (χ1) is 14.0. The lowest BCUT2D eigenvalue weighted by atomic mass is 9.84. The standard InChI is InChI=1S/C22H24N4O3/c1-13(14-7-3-2-4-8-14)24-21(28)18-19(27)22(29)26-20(25-18)17-16-10-6-5-9-15(16)11-12-23-17/h5-6,9-14,27H,2-4,7-8H2,1H3,(H,24,28)(H,25,26,29)/t13-/m0/s1. The molecule has 4 rings (SSSR count). The van der Waals surface area contributed by atoms with E-state index in [2.05, 4.69) is 20.3 Å². The SMILES string of the molecule is C[C@H](NC(=O)c1nc(-c2nccc3ccccc23)nc(O)c1O)C1CCCCC1. The van der Waals surface area contributed by atoms with Gasteiger partial charge in [0.25, 0.3) is 11.8 Å². The topological polar surface area (TPSA) is 108 Å². The molecule has 1 fully saturated rings. The van der Waals surface area contributed by atoms with Crippen molar-refractivity contribution in [2.24, 2.45) is 5.92 Å². The summed E-state index contributed by atoms with van der Waals surface area (Å²) in [6.07, 6.45) is 7.35. The van der Waals surface area contributed by atoms with Crippen molar-refractivity contribution in [2.75, 3.05) is 0 Å². The van der Waals surface area contributed by atoms with Gasteiger partial charge in [-0.15, -0.1) is 0 Å². The van der Waals surface area contributed by atoms with Crippen LogP contribution in [0.4, 0.5) is 0 Å². The van der Waals surface area contributed by atoms with Crippen LogP contribution in [0, 0.1) is 5.92 Å². The van der Waals surface area contributed by atoms with Crippen LogP contribution < -0.4 is 5.32 Å². The molecule has 2 heterocycles. The van der Waals surface area contributed by atoms with Crippen molar-refractivity contribution < 1.29 is 15.0 Å². The largest absolute Gasteiger partial charge is 0.501 e. The zero-order chi connectivity index (χ0) is 20.4. The lowest BCUT2D eigenvalue weighted by Gasteiger charge is -2.28. The number of benzene rings is 1. The summed E-state index contributed by atoms with van der Waals surface area (Å²) in [6.45, 7) is 1.97. The second-order valence-corrected chi connectivity index (χ2v) is 7.61. The average molecular weight is 392 g/mol. The summed E-state index contributed by atoms with van der Waals surface area (Å²) in [4.78, 5) is 25.4. The molecule has 1 aromatic carbocycles. The highest BCUT2D eigenvalue weighted by atomic mass is 16.3. The van der Waals surface area contributed by atoms with Crippen molar-refractivity contribution in [1.82, 2.24) is 20.3 Å². The van der Waals surface area contributed by atoms with E-state index in [1.807, 2.05) is 37.3 Å². The van der Waals surface area contributed by atoms with Crippen LogP contribution in [0.15, 0.2) is 36.5 Å². The maximum atomic E-state index is 12.8. The fourth-order valence-electron chi connectivity index (χ4n) is 4.03. The Hall–Kier alpha value is -3.22. The van der Waals surface area contributed by atoms with Crippen molar-refractivity contribution in [3.63, 3.8) is 0 Å². The summed E-state index contributed by atoms with van der Waals surface area (Å²) in [7, 11) is 0. The van der Waals surface area contributed by atoms with Crippen LogP contribution in [0.1, 0.15) is 49.5 Å². The number of carbonyl (C=O) groups excluding carboxylic acids is 1. The highest BCUT2D eigenvalue weighted by molar-refractivity contribution is 5.97. The van der Waals surface area contributed by atoms with Gasteiger partial charge < -0.3 is 15.5 Å². The van der Waals surface area contributed by atoms with E-state index < -0.39 is 17.5 Å². The van der Waals surface area contributed by atoms with Gasteiger partial charge in [0.1, 0.15) is 5.69 Å². The van der Waals surface area contributed by atoms with Crippen molar-refractivity contribution in [3.8, 4) is 23.1 Å². The molecule has 1 atom stereocenters. The number of aromatic nitrogens is 3. The van der Waals surface area contributed by atoms with Gasteiger partial charge in [-0.25, -0.2) is 4.98 Å². The molecule has 0 saturated heterocycles. The summed E-state index contributed by atoms with van der Waals surface area (Å²) in [6, 6.07) is 9.40. The molecule has 0 aliphatic heterocycles. The number of nitrogens with zero attached hydrogens (tertiary/aromatic N) is 3. The average Bonchev–Trinajstić information content (AvgIpc) is 2.75. The van der Waals surface area contributed by atoms with Gasteiger partial charge in [0.05, 0.1) is 0 Å². The Morgan fingerprint density at radius 1 is 1.10 bits per heavy atom. The molecular weight excluding hydrogens is 368 g/mol. The van der Waals surface area contributed by atoms with E-state index >= 15 is 0 Å². The maximum absolute atomic E-state index is 12.8. The van der Waals surface area contributed by atoms with E-state index in [-0.39, 0.29) is 17.6 Å². The van der Waals surface area contributed by atoms with E-state index in [1.165, 1.54) is 19.3 Å². The molecule has 1 saturated carbocycles. The summed E-state index contributed by atoms with van der Waals surface area (Å²) in [5.74, 6) is -1.29. The number of aromatic hydroxyl groups is 2. The third kappa shape index (κ3) is 3.85. The predicted octanol–water partition coefficient (Wildman–Crippen LogP) is 3.80. The molecule has 0 bridgehead atoms. The first-order valence-electron chi connectivity index (χ1n) is 9.99. The highest BCUT2D eigenvalue weighted by Crippen LogP contribution is 2.31. The molecule has 0 unspecified atom stereocenters. The number of carbonyl (C=O) groups is 1. The third-order valence-electron chi connectivity index (χ3n) is 5.68. The number of nitrogens with one attached hydrogen (secondary N) is 1. The van der Waals surface area contributed by atoms with Gasteiger partial charge in [-0.05, 0) is 37.1 Å². The number of fused-ring (bicyclic) bond motifs is 1. The Bertz CT molecular complexity index is 1040. The Morgan fingerprint density at radius 3 is 2.66 bits per heavy atom. The molecule has 1 amide bonds. The van der Waals surface area contributed by atoms with Crippen molar-refractivity contribution in [1.29, 1.82) is 0 Å². The van der Waals surface area contributed by atoms with Gasteiger partial charge in [-0.1, -0.05) is 43.5 Å². The van der Waals surface area contributed by atoms with E-state index in [9.17, 15) is 15.0 Å². The molecule has 2 aromatic heterocycles. The number of hydrogen-bond acceptors (Lipinski definition) is 6. The minimum atomic E-state index is -0.639.